The molecule has 0 aliphatic carbocycles. The fraction of sp³-hybridized carbons (Fsp3) is 0.208. The van der Waals surface area contributed by atoms with Gasteiger partial charge < -0.3 is 10.2 Å². The highest BCUT2D eigenvalue weighted by Crippen LogP contribution is 2.28. The molecule has 0 saturated heterocycles. The van der Waals surface area contributed by atoms with Crippen LogP contribution in [-0.4, -0.2) is 23.3 Å². The molecule has 0 fully saturated rings. The smallest absolute Gasteiger partial charge is 0.276 e. The summed E-state index contributed by atoms with van der Waals surface area (Å²) in [5.41, 5.74) is 5.33. The third-order valence-electron chi connectivity index (χ3n) is 5.28. The molecule has 0 radical (unpaired) electrons. The van der Waals surface area contributed by atoms with Gasteiger partial charge in [0.05, 0.1) is 0 Å². The number of carbonyl (C=O) groups is 2. The zero-order valence-corrected chi connectivity index (χ0v) is 16.6. The molecule has 0 saturated carbocycles. The Hall–Kier alpha value is -3.47. The molecule has 2 aromatic carbocycles. The van der Waals surface area contributed by atoms with Gasteiger partial charge in [-0.15, -0.1) is 0 Å². The zero-order chi connectivity index (χ0) is 20.4. The molecule has 29 heavy (non-hydrogen) atoms. The second-order valence-corrected chi connectivity index (χ2v) is 7.32. The normalized spacial score (nSPS) is 13.0. The number of aryl methyl sites for hydroxylation is 3. The molecule has 3 aromatic rings. The van der Waals surface area contributed by atoms with Gasteiger partial charge in [0, 0.05) is 17.9 Å². The average Bonchev–Trinajstić information content (AvgIpc) is 2.75. The molecule has 0 atom stereocenters. The number of amides is 2. The fourth-order valence-electron chi connectivity index (χ4n) is 3.75. The average molecular weight is 385 g/mol. The minimum atomic E-state index is -0.323. The lowest BCUT2D eigenvalue weighted by Crippen LogP contribution is -2.36. The van der Waals surface area contributed by atoms with Crippen LogP contribution in [0.25, 0.3) is 0 Å². The number of pyridine rings is 1. The van der Waals surface area contributed by atoms with E-state index in [-0.39, 0.29) is 23.2 Å². The first-order chi connectivity index (χ1) is 14.0. The Labute approximate surface area is 170 Å². The molecule has 2 amide bonds. The molecule has 1 N–H and O–H groups in total. The van der Waals surface area contributed by atoms with Crippen LogP contribution in [0.4, 0.5) is 11.4 Å². The molecular formula is C24H23N3O2. The Morgan fingerprint density at radius 1 is 0.897 bits per heavy atom. The summed E-state index contributed by atoms with van der Waals surface area (Å²) in [5, 5.41) is 2.93. The van der Waals surface area contributed by atoms with E-state index in [0.29, 0.717) is 6.54 Å². The Balaban J connectivity index is 1.59. The van der Waals surface area contributed by atoms with E-state index in [9.17, 15) is 9.59 Å². The van der Waals surface area contributed by atoms with Crippen molar-refractivity contribution in [3.63, 3.8) is 0 Å². The van der Waals surface area contributed by atoms with Crippen LogP contribution in [0.5, 0.6) is 0 Å². The summed E-state index contributed by atoms with van der Waals surface area (Å²) in [5.74, 6) is -0.505. The number of fused-ring (bicyclic) bond motifs is 1. The lowest BCUT2D eigenvalue weighted by molar-refractivity contribution is 0.0980. The number of aromatic nitrogens is 1. The molecule has 4 rings (SSSR count). The van der Waals surface area contributed by atoms with Gasteiger partial charge in [0.15, 0.2) is 0 Å². The Morgan fingerprint density at radius 3 is 2.38 bits per heavy atom. The summed E-state index contributed by atoms with van der Waals surface area (Å²) in [6.07, 6.45) is 1.88. The van der Waals surface area contributed by atoms with E-state index >= 15 is 0 Å². The summed E-state index contributed by atoms with van der Waals surface area (Å²) >= 11 is 0. The Bertz CT molecular complexity index is 1070. The number of anilines is 2. The van der Waals surface area contributed by atoms with Crippen LogP contribution in [0, 0.1) is 13.8 Å². The van der Waals surface area contributed by atoms with Gasteiger partial charge in [0.25, 0.3) is 11.8 Å². The maximum atomic E-state index is 13.1. The highest BCUT2D eigenvalue weighted by atomic mass is 16.2. The van der Waals surface area contributed by atoms with E-state index in [1.54, 1.807) is 23.1 Å². The van der Waals surface area contributed by atoms with Crippen LogP contribution in [0.2, 0.25) is 0 Å². The van der Waals surface area contributed by atoms with Gasteiger partial charge in [0.1, 0.15) is 11.4 Å². The second kappa shape index (κ2) is 7.87. The number of benzene rings is 2. The fourth-order valence-corrected chi connectivity index (χ4v) is 3.75. The largest absolute Gasteiger partial charge is 0.320 e. The topological polar surface area (TPSA) is 62.3 Å². The summed E-state index contributed by atoms with van der Waals surface area (Å²) in [4.78, 5) is 32.0. The lowest BCUT2D eigenvalue weighted by Gasteiger charge is -2.29. The van der Waals surface area contributed by atoms with E-state index in [4.69, 9.17) is 0 Å². The predicted molar refractivity (Wildman–Crippen MR) is 115 cm³/mol. The minimum absolute atomic E-state index is 0.182. The van der Waals surface area contributed by atoms with Crippen molar-refractivity contribution in [1.82, 2.24) is 4.98 Å². The molecule has 0 bridgehead atoms. The number of hydrogen-bond donors (Lipinski definition) is 1. The lowest BCUT2D eigenvalue weighted by atomic mass is 10.0. The quantitative estimate of drug-likeness (QED) is 0.720. The molecule has 5 nitrogen and oxygen atoms in total. The maximum Gasteiger partial charge on any atom is 0.276 e. The first kappa shape index (κ1) is 18.9. The molecular weight excluding hydrogens is 362 g/mol. The van der Waals surface area contributed by atoms with Crippen molar-refractivity contribution < 1.29 is 9.59 Å². The standard InChI is InChI=1S/C24H23N3O2/c1-16-8-5-9-17(2)22(16)26-23(28)19-12-6-13-20(25-19)24(29)27-15-7-11-18-10-3-4-14-21(18)27/h3-6,8-10,12-14H,7,11,15H2,1-2H3,(H,26,28). The number of carbonyl (C=O) groups excluding carboxylic acids is 2. The van der Waals surface area contributed by atoms with E-state index in [1.165, 1.54) is 0 Å². The zero-order valence-electron chi connectivity index (χ0n) is 16.6. The first-order valence-electron chi connectivity index (χ1n) is 9.79. The van der Waals surface area contributed by atoms with Gasteiger partial charge in [-0.2, -0.15) is 0 Å². The number of hydrogen-bond acceptors (Lipinski definition) is 3. The van der Waals surface area contributed by atoms with Crippen LogP contribution in [0.3, 0.4) is 0 Å². The SMILES string of the molecule is Cc1cccc(C)c1NC(=O)c1cccc(C(=O)N2CCCc3ccccc32)n1. The Kier molecular flexibility index (Phi) is 5.12. The van der Waals surface area contributed by atoms with Crippen molar-refractivity contribution in [3.05, 3.63) is 88.7 Å². The molecule has 2 heterocycles. The minimum Gasteiger partial charge on any atom is -0.320 e. The van der Waals surface area contributed by atoms with Crippen molar-refractivity contribution in [3.8, 4) is 0 Å². The van der Waals surface area contributed by atoms with Gasteiger partial charge in [-0.1, -0.05) is 42.5 Å². The van der Waals surface area contributed by atoms with Gasteiger partial charge in [-0.25, -0.2) is 4.98 Å². The predicted octanol–water partition coefficient (Wildman–Crippen LogP) is 4.54. The molecule has 1 aromatic heterocycles. The van der Waals surface area contributed by atoms with Gasteiger partial charge >= 0.3 is 0 Å². The molecule has 1 aliphatic rings. The molecule has 5 heteroatoms. The van der Waals surface area contributed by atoms with Crippen LogP contribution >= 0.6 is 0 Å². The first-order valence-corrected chi connectivity index (χ1v) is 9.79. The Morgan fingerprint density at radius 2 is 1.59 bits per heavy atom. The maximum absolute atomic E-state index is 13.1. The van der Waals surface area contributed by atoms with Crippen LogP contribution in [0.1, 0.15) is 44.1 Å². The third kappa shape index (κ3) is 3.76. The summed E-state index contributed by atoms with van der Waals surface area (Å²) in [7, 11) is 0. The van der Waals surface area contributed by atoms with E-state index in [0.717, 1.165) is 40.9 Å². The van der Waals surface area contributed by atoms with Gasteiger partial charge in [-0.3, -0.25) is 9.59 Å². The number of para-hydroxylation sites is 2. The third-order valence-corrected chi connectivity index (χ3v) is 5.28. The molecule has 0 spiro atoms. The van der Waals surface area contributed by atoms with Crippen LogP contribution < -0.4 is 10.2 Å². The number of rotatable bonds is 3. The van der Waals surface area contributed by atoms with E-state index < -0.39 is 0 Å². The van der Waals surface area contributed by atoms with Crippen molar-refractivity contribution in [2.75, 3.05) is 16.8 Å². The van der Waals surface area contributed by atoms with E-state index in [1.807, 2.05) is 50.2 Å². The highest BCUT2D eigenvalue weighted by Gasteiger charge is 2.24. The van der Waals surface area contributed by atoms with Gasteiger partial charge in [0.2, 0.25) is 0 Å². The van der Waals surface area contributed by atoms with Crippen LogP contribution in [0.15, 0.2) is 60.7 Å². The van der Waals surface area contributed by atoms with Crippen molar-refractivity contribution in [1.29, 1.82) is 0 Å². The van der Waals surface area contributed by atoms with E-state index in [2.05, 4.69) is 16.4 Å². The molecule has 146 valence electrons. The van der Waals surface area contributed by atoms with Crippen molar-refractivity contribution in [2.24, 2.45) is 0 Å². The summed E-state index contributed by atoms with van der Waals surface area (Å²) < 4.78 is 0. The summed E-state index contributed by atoms with van der Waals surface area (Å²) in [6.45, 7) is 4.55. The van der Waals surface area contributed by atoms with Crippen molar-refractivity contribution >= 4 is 23.2 Å². The molecule has 0 unspecified atom stereocenters. The van der Waals surface area contributed by atoms with Crippen LogP contribution in [-0.2, 0) is 6.42 Å². The summed E-state index contributed by atoms with van der Waals surface area (Å²) in [6, 6.07) is 18.8. The van der Waals surface area contributed by atoms with Gasteiger partial charge in [-0.05, 0) is 61.6 Å². The number of nitrogens with zero attached hydrogens (tertiary/aromatic N) is 2. The highest BCUT2D eigenvalue weighted by molar-refractivity contribution is 6.07. The second-order valence-electron chi connectivity index (χ2n) is 7.32. The monoisotopic (exact) mass is 385 g/mol. The molecule has 1 aliphatic heterocycles. The van der Waals surface area contributed by atoms with Crippen molar-refractivity contribution in [2.45, 2.75) is 26.7 Å². The number of nitrogens with one attached hydrogen (secondary N) is 1.